The Morgan fingerprint density at radius 1 is 0.500 bits per heavy atom. The van der Waals surface area contributed by atoms with Gasteiger partial charge in [0.05, 0.1) is 0 Å². The lowest BCUT2D eigenvalue weighted by molar-refractivity contribution is 1.01. The van der Waals surface area contributed by atoms with E-state index in [4.69, 9.17) is 0 Å². The van der Waals surface area contributed by atoms with Crippen LogP contribution in [-0.2, 0) is 7.05 Å². The second-order valence-corrected chi connectivity index (χ2v) is 8.49. The Balaban J connectivity index is 1.51. The number of aryl methyl sites for hydroxylation is 1. The number of aromatic nitrogens is 1. The number of anilines is 5. The summed E-state index contributed by atoms with van der Waals surface area (Å²) in [6.07, 6.45) is 0. The Labute approximate surface area is 199 Å². The number of nitrogens with zero attached hydrogens (tertiary/aromatic N) is 2. The van der Waals surface area contributed by atoms with Crippen molar-refractivity contribution in [2.75, 3.05) is 10.2 Å². The maximum atomic E-state index is 3.54. The molecule has 0 saturated heterocycles. The summed E-state index contributed by atoms with van der Waals surface area (Å²) in [6, 6.07) is 44.7. The molecule has 1 heterocycles. The number of fused-ring (bicyclic) bond motifs is 3. The molecule has 0 amide bonds. The second-order valence-electron chi connectivity index (χ2n) is 8.49. The molecule has 164 valence electrons. The first-order valence-electron chi connectivity index (χ1n) is 11.5. The normalized spacial score (nSPS) is 11.1. The van der Waals surface area contributed by atoms with Crippen molar-refractivity contribution in [3.63, 3.8) is 0 Å². The van der Waals surface area contributed by atoms with Crippen LogP contribution in [0.5, 0.6) is 0 Å². The Morgan fingerprint density at radius 2 is 1.03 bits per heavy atom. The molecular formula is C31H25N3. The van der Waals surface area contributed by atoms with Gasteiger partial charge < -0.3 is 14.8 Å². The summed E-state index contributed by atoms with van der Waals surface area (Å²) in [6.45, 7) is 0. The van der Waals surface area contributed by atoms with Crippen molar-refractivity contribution in [1.29, 1.82) is 0 Å². The van der Waals surface area contributed by atoms with E-state index < -0.39 is 0 Å². The molecule has 0 radical (unpaired) electrons. The zero-order valence-corrected chi connectivity index (χ0v) is 19.0. The molecule has 1 aromatic heterocycles. The minimum Gasteiger partial charge on any atom is -0.356 e. The fraction of sp³-hybridized carbons (Fsp3) is 0.0323. The highest BCUT2D eigenvalue weighted by Gasteiger charge is 2.15. The minimum absolute atomic E-state index is 1.08. The smallest absolute Gasteiger partial charge is 0.0490 e. The SMILES string of the molecule is Cn1c2ccc(Nc3ccccc3)cc2c2cc(N(c3ccccc3)c3ccccc3)ccc21. The number of hydrogen-bond acceptors (Lipinski definition) is 2. The van der Waals surface area contributed by atoms with Crippen LogP contribution in [0.4, 0.5) is 28.4 Å². The van der Waals surface area contributed by atoms with Gasteiger partial charge in [0.2, 0.25) is 0 Å². The molecule has 0 fully saturated rings. The Bertz CT molecular complexity index is 1530. The van der Waals surface area contributed by atoms with Crippen LogP contribution >= 0.6 is 0 Å². The van der Waals surface area contributed by atoms with Gasteiger partial charge in [-0.1, -0.05) is 54.6 Å². The highest BCUT2D eigenvalue weighted by molar-refractivity contribution is 6.10. The second kappa shape index (κ2) is 8.45. The summed E-state index contributed by atoms with van der Waals surface area (Å²) in [5.74, 6) is 0. The van der Waals surface area contributed by atoms with E-state index in [1.807, 2.05) is 18.2 Å². The summed E-state index contributed by atoms with van der Waals surface area (Å²) in [5, 5.41) is 6.02. The van der Waals surface area contributed by atoms with Crippen molar-refractivity contribution in [2.24, 2.45) is 7.05 Å². The molecule has 3 heteroatoms. The predicted octanol–water partition coefficient (Wildman–Crippen LogP) is 8.54. The summed E-state index contributed by atoms with van der Waals surface area (Å²) in [5.41, 5.74) is 8.02. The van der Waals surface area contributed by atoms with Crippen molar-refractivity contribution in [3.05, 3.63) is 127 Å². The number of hydrogen-bond donors (Lipinski definition) is 1. The molecule has 5 aromatic carbocycles. The molecule has 6 rings (SSSR count). The topological polar surface area (TPSA) is 20.2 Å². The molecule has 6 aromatic rings. The zero-order valence-electron chi connectivity index (χ0n) is 19.0. The van der Waals surface area contributed by atoms with Gasteiger partial charge in [-0.3, -0.25) is 0 Å². The maximum Gasteiger partial charge on any atom is 0.0490 e. The number of para-hydroxylation sites is 3. The van der Waals surface area contributed by atoms with Crippen LogP contribution in [-0.4, -0.2) is 4.57 Å². The third-order valence-corrected chi connectivity index (χ3v) is 6.34. The number of rotatable bonds is 5. The van der Waals surface area contributed by atoms with Gasteiger partial charge in [-0.05, 0) is 72.8 Å². The van der Waals surface area contributed by atoms with Crippen LogP contribution in [0.15, 0.2) is 127 Å². The largest absolute Gasteiger partial charge is 0.356 e. The average Bonchev–Trinajstić information content (AvgIpc) is 3.17. The molecule has 0 atom stereocenters. The predicted molar refractivity (Wildman–Crippen MR) is 145 cm³/mol. The van der Waals surface area contributed by atoms with E-state index in [0.29, 0.717) is 0 Å². The first-order valence-corrected chi connectivity index (χ1v) is 11.5. The lowest BCUT2D eigenvalue weighted by atomic mass is 10.1. The Kier molecular flexibility index (Phi) is 5.00. The van der Waals surface area contributed by atoms with Crippen molar-refractivity contribution in [1.82, 2.24) is 4.57 Å². The summed E-state index contributed by atoms with van der Waals surface area (Å²) in [7, 11) is 2.14. The van der Waals surface area contributed by atoms with Gasteiger partial charge in [-0.25, -0.2) is 0 Å². The van der Waals surface area contributed by atoms with Gasteiger partial charge in [0.1, 0.15) is 0 Å². The number of benzene rings is 5. The van der Waals surface area contributed by atoms with Gasteiger partial charge in [0.25, 0.3) is 0 Å². The van der Waals surface area contributed by atoms with Crippen LogP contribution in [0.1, 0.15) is 0 Å². The van der Waals surface area contributed by atoms with E-state index in [9.17, 15) is 0 Å². The average molecular weight is 440 g/mol. The maximum absolute atomic E-state index is 3.54. The number of nitrogens with one attached hydrogen (secondary N) is 1. The summed E-state index contributed by atoms with van der Waals surface area (Å²) in [4.78, 5) is 2.31. The quantitative estimate of drug-likeness (QED) is 0.290. The van der Waals surface area contributed by atoms with E-state index in [0.717, 1.165) is 28.4 Å². The van der Waals surface area contributed by atoms with Crippen LogP contribution < -0.4 is 10.2 Å². The van der Waals surface area contributed by atoms with Gasteiger partial charge >= 0.3 is 0 Å². The highest BCUT2D eigenvalue weighted by atomic mass is 15.1. The van der Waals surface area contributed by atoms with E-state index in [1.165, 1.54) is 21.8 Å². The summed E-state index contributed by atoms with van der Waals surface area (Å²) >= 11 is 0. The van der Waals surface area contributed by atoms with Crippen LogP contribution in [0.3, 0.4) is 0 Å². The molecule has 34 heavy (non-hydrogen) atoms. The van der Waals surface area contributed by atoms with Crippen LogP contribution in [0, 0.1) is 0 Å². The van der Waals surface area contributed by atoms with E-state index in [-0.39, 0.29) is 0 Å². The third kappa shape index (κ3) is 3.57. The Morgan fingerprint density at radius 3 is 1.65 bits per heavy atom. The monoisotopic (exact) mass is 439 g/mol. The molecular weight excluding hydrogens is 414 g/mol. The standard InChI is InChI=1S/C31H25N3/c1-33-30-19-17-24(32-23-11-5-2-6-12-23)21-28(30)29-22-27(18-20-31(29)33)34(25-13-7-3-8-14-25)26-15-9-4-10-16-26/h2-22,32H,1H3. The molecule has 0 saturated carbocycles. The fourth-order valence-electron chi connectivity index (χ4n) is 4.71. The van der Waals surface area contributed by atoms with Gasteiger partial charge in [0.15, 0.2) is 0 Å². The third-order valence-electron chi connectivity index (χ3n) is 6.34. The van der Waals surface area contributed by atoms with Gasteiger partial charge in [-0.2, -0.15) is 0 Å². The molecule has 3 nitrogen and oxygen atoms in total. The summed E-state index contributed by atoms with van der Waals surface area (Å²) < 4.78 is 2.27. The minimum atomic E-state index is 1.08. The molecule has 0 aliphatic carbocycles. The molecule has 1 N–H and O–H groups in total. The van der Waals surface area contributed by atoms with Gasteiger partial charge in [0, 0.05) is 57.3 Å². The lowest BCUT2D eigenvalue weighted by Crippen LogP contribution is -2.09. The van der Waals surface area contributed by atoms with Crippen molar-refractivity contribution in [3.8, 4) is 0 Å². The highest BCUT2D eigenvalue weighted by Crippen LogP contribution is 2.38. The van der Waals surface area contributed by atoms with Crippen molar-refractivity contribution < 1.29 is 0 Å². The van der Waals surface area contributed by atoms with E-state index >= 15 is 0 Å². The molecule has 0 unspecified atom stereocenters. The Hall–Kier alpha value is -4.50. The van der Waals surface area contributed by atoms with Gasteiger partial charge in [-0.15, -0.1) is 0 Å². The molecule has 0 spiro atoms. The first-order chi connectivity index (χ1) is 16.8. The van der Waals surface area contributed by atoms with Crippen LogP contribution in [0.2, 0.25) is 0 Å². The van der Waals surface area contributed by atoms with Crippen molar-refractivity contribution in [2.45, 2.75) is 0 Å². The fourth-order valence-corrected chi connectivity index (χ4v) is 4.71. The van der Waals surface area contributed by atoms with Crippen molar-refractivity contribution >= 4 is 50.2 Å². The zero-order chi connectivity index (χ0) is 22.9. The molecule has 0 aliphatic heterocycles. The van der Waals surface area contributed by atoms with E-state index in [2.05, 4.69) is 131 Å². The van der Waals surface area contributed by atoms with E-state index in [1.54, 1.807) is 0 Å². The molecule has 0 aliphatic rings. The van der Waals surface area contributed by atoms with Crippen LogP contribution in [0.25, 0.3) is 21.8 Å². The lowest BCUT2D eigenvalue weighted by Gasteiger charge is -2.25. The first kappa shape index (κ1) is 20.1. The molecule has 0 bridgehead atoms.